The van der Waals surface area contributed by atoms with Crippen LogP contribution in [0.2, 0.25) is 0 Å². The molecule has 0 bridgehead atoms. The first kappa shape index (κ1) is 17.7. The van der Waals surface area contributed by atoms with Gasteiger partial charge in [-0.25, -0.2) is 4.98 Å². The number of imidazole rings is 1. The molecule has 0 aliphatic heterocycles. The van der Waals surface area contributed by atoms with E-state index in [9.17, 15) is 0 Å². The van der Waals surface area contributed by atoms with Gasteiger partial charge in [0.2, 0.25) is 0 Å². The third-order valence-electron chi connectivity index (χ3n) is 5.95. The van der Waals surface area contributed by atoms with Crippen LogP contribution in [0.4, 0.5) is 0 Å². The predicted molar refractivity (Wildman–Crippen MR) is 107 cm³/mol. The number of hydrogen-bond donors (Lipinski definition) is 0. The summed E-state index contributed by atoms with van der Waals surface area (Å²) in [6, 6.07) is 8.86. The van der Waals surface area contributed by atoms with E-state index in [1.165, 1.54) is 40.8 Å². The summed E-state index contributed by atoms with van der Waals surface area (Å²) in [6.45, 7) is 13.3. The predicted octanol–water partition coefficient (Wildman–Crippen LogP) is 6.45. The smallest absolute Gasteiger partial charge is 0.144 e. The van der Waals surface area contributed by atoms with Crippen LogP contribution in [0.15, 0.2) is 53.9 Å². The summed E-state index contributed by atoms with van der Waals surface area (Å²) in [7, 11) is 0. The largest absolute Gasteiger partial charge is 0.300 e. The highest BCUT2D eigenvalue weighted by molar-refractivity contribution is 5.74. The molecule has 132 valence electrons. The lowest BCUT2D eigenvalue weighted by molar-refractivity contribution is 0.608. The maximum absolute atomic E-state index is 4.77. The number of allylic oxidation sites excluding steroid dienone is 4. The molecule has 1 fully saturated rings. The lowest BCUT2D eigenvalue weighted by atomic mass is 9.87. The first-order chi connectivity index (χ1) is 12.0. The van der Waals surface area contributed by atoms with Gasteiger partial charge in [0.1, 0.15) is 5.82 Å². The molecule has 2 heteroatoms. The van der Waals surface area contributed by atoms with Crippen LogP contribution < -0.4 is 0 Å². The van der Waals surface area contributed by atoms with E-state index in [1.807, 2.05) is 6.20 Å². The summed E-state index contributed by atoms with van der Waals surface area (Å²) in [5, 5.41) is 0. The van der Waals surface area contributed by atoms with E-state index in [1.54, 1.807) is 0 Å². The molecule has 2 aromatic rings. The Morgan fingerprint density at radius 1 is 1.28 bits per heavy atom. The molecule has 2 nitrogen and oxygen atoms in total. The second kappa shape index (κ2) is 6.67. The zero-order chi connectivity index (χ0) is 18.2. The van der Waals surface area contributed by atoms with Gasteiger partial charge in [-0.2, -0.15) is 0 Å². The highest BCUT2D eigenvalue weighted by Gasteiger charge is 2.51. The van der Waals surface area contributed by atoms with Crippen molar-refractivity contribution in [2.24, 2.45) is 5.92 Å². The Bertz CT molecular complexity index is 829. The van der Waals surface area contributed by atoms with Crippen molar-refractivity contribution >= 4 is 5.70 Å². The monoisotopic (exact) mass is 334 g/mol. The van der Waals surface area contributed by atoms with Gasteiger partial charge in [-0.1, -0.05) is 49.8 Å². The lowest BCUT2D eigenvalue weighted by Gasteiger charge is -2.21. The standard InChI is InChI=1S/C23H30N2/c1-7-17(5)21(16(3)4)25-14-13-24-22(25)19-11-9-10-12-20(19)23(8-2)15-18(23)6/h7,9-14,18H,8,15H2,1-6H3/b17-7-. The van der Waals surface area contributed by atoms with Crippen molar-refractivity contribution in [3.8, 4) is 11.4 Å². The van der Waals surface area contributed by atoms with Crippen molar-refractivity contribution in [1.29, 1.82) is 0 Å². The van der Waals surface area contributed by atoms with Crippen LogP contribution in [-0.4, -0.2) is 9.55 Å². The number of benzene rings is 1. The zero-order valence-corrected chi connectivity index (χ0v) is 16.4. The molecule has 0 amide bonds. The SMILES string of the molecule is C/C=C(/C)C(=C(C)C)n1ccnc1-c1ccccc1C1(CC)CC1C. The normalized spacial score (nSPS) is 22.8. The van der Waals surface area contributed by atoms with Crippen molar-refractivity contribution in [2.75, 3.05) is 0 Å². The molecule has 1 aliphatic rings. The maximum Gasteiger partial charge on any atom is 0.144 e. The molecule has 1 aliphatic carbocycles. The fraction of sp³-hybridized carbons (Fsp3) is 0.435. The number of aromatic nitrogens is 2. The van der Waals surface area contributed by atoms with Crippen LogP contribution in [0.3, 0.4) is 0 Å². The topological polar surface area (TPSA) is 17.8 Å². The molecule has 0 radical (unpaired) electrons. The number of rotatable bonds is 5. The molecule has 25 heavy (non-hydrogen) atoms. The number of hydrogen-bond acceptors (Lipinski definition) is 1. The van der Waals surface area contributed by atoms with E-state index >= 15 is 0 Å². The average Bonchev–Trinajstić information content (AvgIpc) is 3.05. The van der Waals surface area contributed by atoms with Crippen LogP contribution in [0.25, 0.3) is 17.1 Å². The second-order valence-electron chi connectivity index (χ2n) is 7.60. The van der Waals surface area contributed by atoms with E-state index in [0.717, 1.165) is 11.7 Å². The van der Waals surface area contributed by atoms with Gasteiger partial charge in [-0.3, -0.25) is 4.57 Å². The van der Waals surface area contributed by atoms with E-state index in [2.05, 4.69) is 82.6 Å². The summed E-state index contributed by atoms with van der Waals surface area (Å²) in [4.78, 5) is 4.77. The minimum atomic E-state index is 0.328. The van der Waals surface area contributed by atoms with Crippen molar-refractivity contribution in [2.45, 2.75) is 59.8 Å². The molecule has 1 saturated carbocycles. The van der Waals surface area contributed by atoms with Crippen LogP contribution in [0.1, 0.15) is 59.9 Å². The third-order valence-corrected chi connectivity index (χ3v) is 5.95. The van der Waals surface area contributed by atoms with Gasteiger partial charge in [0, 0.05) is 23.7 Å². The van der Waals surface area contributed by atoms with E-state index in [4.69, 9.17) is 4.98 Å². The fourth-order valence-electron chi connectivity index (χ4n) is 4.30. The molecule has 0 saturated heterocycles. The molecule has 1 heterocycles. The van der Waals surface area contributed by atoms with Crippen LogP contribution >= 0.6 is 0 Å². The van der Waals surface area contributed by atoms with Crippen LogP contribution in [-0.2, 0) is 5.41 Å². The Kier molecular flexibility index (Phi) is 4.73. The van der Waals surface area contributed by atoms with E-state index in [0.29, 0.717) is 5.41 Å². The van der Waals surface area contributed by atoms with Crippen molar-refractivity contribution < 1.29 is 0 Å². The zero-order valence-electron chi connectivity index (χ0n) is 16.4. The lowest BCUT2D eigenvalue weighted by Crippen LogP contribution is -2.11. The van der Waals surface area contributed by atoms with Crippen molar-refractivity contribution in [3.05, 3.63) is 59.4 Å². The molecular formula is C23H30N2. The molecule has 0 spiro atoms. The molecule has 0 N–H and O–H groups in total. The van der Waals surface area contributed by atoms with E-state index in [-0.39, 0.29) is 0 Å². The van der Waals surface area contributed by atoms with Crippen molar-refractivity contribution in [1.82, 2.24) is 9.55 Å². The Hall–Kier alpha value is -2.09. The first-order valence-corrected chi connectivity index (χ1v) is 9.40. The van der Waals surface area contributed by atoms with Crippen LogP contribution in [0, 0.1) is 5.92 Å². The summed E-state index contributed by atoms with van der Waals surface area (Å²) < 4.78 is 2.26. The molecule has 2 unspecified atom stereocenters. The number of nitrogens with zero attached hydrogens (tertiary/aromatic N) is 2. The fourth-order valence-corrected chi connectivity index (χ4v) is 4.30. The summed E-state index contributed by atoms with van der Waals surface area (Å²) in [5.74, 6) is 1.81. The Morgan fingerprint density at radius 3 is 2.52 bits per heavy atom. The molecule has 1 aromatic heterocycles. The minimum absolute atomic E-state index is 0.328. The summed E-state index contributed by atoms with van der Waals surface area (Å²) in [5.41, 5.74) is 6.90. The Morgan fingerprint density at radius 2 is 1.96 bits per heavy atom. The van der Waals surface area contributed by atoms with Gasteiger partial charge in [0.05, 0.1) is 0 Å². The average molecular weight is 335 g/mol. The quantitative estimate of drug-likeness (QED) is 0.574. The third kappa shape index (κ3) is 2.88. The minimum Gasteiger partial charge on any atom is -0.300 e. The molecular weight excluding hydrogens is 304 g/mol. The van der Waals surface area contributed by atoms with Gasteiger partial charge in [0.25, 0.3) is 0 Å². The highest BCUT2D eigenvalue weighted by Crippen LogP contribution is 2.58. The summed E-state index contributed by atoms with van der Waals surface area (Å²) >= 11 is 0. The van der Waals surface area contributed by atoms with Gasteiger partial charge in [0.15, 0.2) is 0 Å². The Labute approximate surface area is 152 Å². The first-order valence-electron chi connectivity index (χ1n) is 9.40. The van der Waals surface area contributed by atoms with Gasteiger partial charge in [-0.15, -0.1) is 0 Å². The van der Waals surface area contributed by atoms with Gasteiger partial charge in [-0.05, 0) is 63.0 Å². The van der Waals surface area contributed by atoms with Gasteiger partial charge >= 0.3 is 0 Å². The van der Waals surface area contributed by atoms with Crippen LogP contribution in [0.5, 0.6) is 0 Å². The van der Waals surface area contributed by atoms with Crippen molar-refractivity contribution in [3.63, 3.8) is 0 Å². The molecule has 1 aromatic carbocycles. The molecule has 2 atom stereocenters. The van der Waals surface area contributed by atoms with Gasteiger partial charge < -0.3 is 0 Å². The van der Waals surface area contributed by atoms with E-state index < -0.39 is 0 Å². The molecule has 3 rings (SSSR count). The summed E-state index contributed by atoms with van der Waals surface area (Å²) in [6.07, 6.45) is 8.66. The maximum atomic E-state index is 4.77. The second-order valence-corrected chi connectivity index (χ2v) is 7.60. The Balaban J connectivity index is 2.19. The highest BCUT2D eigenvalue weighted by atomic mass is 15.1.